The van der Waals surface area contributed by atoms with Crippen molar-refractivity contribution in [2.45, 2.75) is 5.79 Å². The third-order valence-electron chi connectivity index (χ3n) is 3.22. The van der Waals surface area contributed by atoms with E-state index in [0.29, 0.717) is 28.3 Å². The lowest BCUT2D eigenvalue weighted by molar-refractivity contribution is -0.129. The molecule has 1 aliphatic rings. The lowest BCUT2D eigenvalue weighted by atomic mass is 9.97. The van der Waals surface area contributed by atoms with Gasteiger partial charge in [-0.15, -0.1) is 0 Å². The minimum atomic E-state index is -0.946. The molecule has 20 heavy (non-hydrogen) atoms. The highest BCUT2D eigenvalue weighted by Crippen LogP contribution is 2.40. The molecule has 3 rings (SSSR count). The molecule has 104 valence electrons. The standard InChI is InChI=1S/C15H11Cl3O2/c16-12-4-1-10(2-5-12)15(19-7-8-20-15)11-3-6-13(17)14(18)9-11/h1-6,9H,7-8H2. The molecule has 5 heteroatoms. The summed E-state index contributed by atoms with van der Waals surface area (Å²) in [6.45, 7) is 1.03. The van der Waals surface area contributed by atoms with Crippen molar-refractivity contribution in [1.29, 1.82) is 0 Å². The van der Waals surface area contributed by atoms with Crippen LogP contribution in [0.3, 0.4) is 0 Å². The van der Waals surface area contributed by atoms with Gasteiger partial charge in [0.1, 0.15) is 0 Å². The first-order valence-electron chi connectivity index (χ1n) is 6.11. The van der Waals surface area contributed by atoms with Crippen molar-refractivity contribution in [1.82, 2.24) is 0 Å². The number of ether oxygens (including phenoxy) is 2. The van der Waals surface area contributed by atoms with E-state index in [0.717, 1.165) is 11.1 Å². The molecule has 1 heterocycles. The van der Waals surface area contributed by atoms with Gasteiger partial charge in [0, 0.05) is 16.1 Å². The first-order valence-corrected chi connectivity index (χ1v) is 7.25. The maximum atomic E-state index is 6.10. The summed E-state index contributed by atoms with van der Waals surface area (Å²) in [7, 11) is 0. The van der Waals surface area contributed by atoms with Crippen LogP contribution in [-0.2, 0) is 15.3 Å². The predicted molar refractivity (Wildman–Crippen MR) is 80.6 cm³/mol. The monoisotopic (exact) mass is 328 g/mol. The Hall–Kier alpha value is -0.770. The van der Waals surface area contributed by atoms with Gasteiger partial charge >= 0.3 is 0 Å². The second-order valence-corrected chi connectivity index (χ2v) is 5.70. The molecule has 2 nitrogen and oxygen atoms in total. The van der Waals surface area contributed by atoms with Crippen molar-refractivity contribution in [3.63, 3.8) is 0 Å². The molecule has 0 saturated carbocycles. The highest BCUT2D eigenvalue weighted by Gasteiger charge is 2.40. The van der Waals surface area contributed by atoms with Crippen LogP contribution in [0, 0.1) is 0 Å². The smallest absolute Gasteiger partial charge is 0.222 e. The van der Waals surface area contributed by atoms with Crippen LogP contribution in [0.25, 0.3) is 0 Å². The molecular weight excluding hydrogens is 319 g/mol. The summed E-state index contributed by atoms with van der Waals surface area (Å²) in [5.41, 5.74) is 1.68. The average molecular weight is 330 g/mol. The quantitative estimate of drug-likeness (QED) is 0.780. The van der Waals surface area contributed by atoms with Gasteiger partial charge in [-0.1, -0.05) is 53.0 Å². The van der Waals surface area contributed by atoms with E-state index in [4.69, 9.17) is 44.3 Å². The molecule has 0 atom stereocenters. The van der Waals surface area contributed by atoms with E-state index in [-0.39, 0.29) is 0 Å². The lowest BCUT2D eigenvalue weighted by Gasteiger charge is -2.28. The van der Waals surface area contributed by atoms with Crippen LogP contribution in [0.1, 0.15) is 11.1 Å². The average Bonchev–Trinajstić information content (AvgIpc) is 2.93. The number of benzene rings is 2. The second-order valence-electron chi connectivity index (χ2n) is 4.45. The van der Waals surface area contributed by atoms with Gasteiger partial charge in [0.05, 0.1) is 23.3 Å². The predicted octanol–water partition coefficient (Wildman–Crippen LogP) is 4.89. The number of halogens is 3. The van der Waals surface area contributed by atoms with E-state index in [1.807, 2.05) is 18.2 Å². The molecule has 1 saturated heterocycles. The van der Waals surface area contributed by atoms with Gasteiger partial charge in [-0.25, -0.2) is 0 Å². The number of rotatable bonds is 2. The molecule has 0 aromatic heterocycles. The molecule has 1 fully saturated rings. The molecule has 2 aromatic rings. The van der Waals surface area contributed by atoms with Gasteiger partial charge in [0.2, 0.25) is 5.79 Å². The van der Waals surface area contributed by atoms with Crippen molar-refractivity contribution in [3.8, 4) is 0 Å². The Morgan fingerprint density at radius 3 is 1.95 bits per heavy atom. The zero-order valence-electron chi connectivity index (χ0n) is 10.4. The second kappa shape index (κ2) is 5.55. The molecule has 0 bridgehead atoms. The Morgan fingerprint density at radius 2 is 1.35 bits per heavy atom. The van der Waals surface area contributed by atoms with Crippen LogP contribution >= 0.6 is 34.8 Å². The normalized spacial score (nSPS) is 17.4. The molecule has 0 aliphatic carbocycles. The molecule has 0 spiro atoms. The summed E-state index contributed by atoms with van der Waals surface area (Å²) in [5, 5.41) is 1.63. The van der Waals surface area contributed by atoms with Gasteiger partial charge in [-0.2, -0.15) is 0 Å². The summed E-state index contributed by atoms with van der Waals surface area (Å²) >= 11 is 18.0. The largest absolute Gasteiger partial charge is 0.340 e. The van der Waals surface area contributed by atoms with E-state index < -0.39 is 5.79 Å². The molecular formula is C15H11Cl3O2. The van der Waals surface area contributed by atoms with E-state index in [2.05, 4.69) is 0 Å². The minimum Gasteiger partial charge on any atom is -0.340 e. The third kappa shape index (κ3) is 2.43. The maximum Gasteiger partial charge on any atom is 0.222 e. The van der Waals surface area contributed by atoms with Gasteiger partial charge in [0.25, 0.3) is 0 Å². The topological polar surface area (TPSA) is 18.5 Å². The Balaban J connectivity index is 2.12. The summed E-state index contributed by atoms with van der Waals surface area (Å²) in [6.07, 6.45) is 0. The molecule has 0 radical (unpaired) electrons. The van der Waals surface area contributed by atoms with Crippen molar-refractivity contribution < 1.29 is 9.47 Å². The third-order valence-corrected chi connectivity index (χ3v) is 4.21. The SMILES string of the molecule is Clc1ccc(C2(c3ccc(Cl)c(Cl)c3)OCCO2)cc1. The number of hydrogen-bond donors (Lipinski definition) is 0. The first kappa shape index (κ1) is 14.2. The Labute approximate surface area is 132 Å². The van der Waals surface area contributed by atoms with Crippen LogP contribution in [0.4, 0.5) is 0 Å². The highest BCUT2D eigenvalue weighted by molar-refractivity contribution is 6.42. The van der Waals surface area contributed by atoms with E-state index in [1.54, 1.807) is 24.3 Å². The van der Waals surface area contributed by atoms with Gasteiger partial charge in [-0.05, 0) is 24.3 Å². The van der Waals surface area contributed by atoms with Crippen LogP contribution in [-0.4, -0.2) is 13.2 Å². The summed E-state index contributed by atoms with van der Waals surface area (Å²) in [4.78, 5) is 0. The summed E-state index contributed by atoms with van der Waals surface area (Å²) in [6, 6.07) is 12.7. The Bertz CT molecular complexity index is 620. The molecule has 0 amide bonds. The molecule has 0 unspecified atom stereocenters. The summed E-state index contributed by atoms with van der Waals surface area (Å²) < 4.78 is 11.8. The Kier molecular flexibility index (Phi) is 3.93. The summed E-state index contributed by atoms with van der Waals surface area (Å²) in [5.74, 6) is -0.946. The van der Waals surface area contributed by atoms with E-state index >= 15 is 0 Å². The van der Waals surface area contributed by atoms with Crippen LogP contribution < -0.4 is 0 Å². The zero-order chi connectivity index (χ0) is 14.2. The molecule has 1 aliphatic heterocycles. The lowest BCUT2D eigenvalue weighted by Crippen LogP contribution is -2.28. The van der Waals surface area contributed by atoms with E-state index in [1.165, 1.54) is 0 Å². The maximum absolute atomic E-state index is 6.10. The molecule has 0 N–H and O–H groups in total. The van der Waals surface area contributed by atoms with Crippen LogP contribution in [0.15, 0.2) is 42.5 Å². The zero-order valence-corrected chi connectivity index (χ0v) is 12.7. The van der Waals surface area contributed by atoms with E-state index in [9.17, 15) is 0 Å². The van der Waals surface area contributed by atoms with Gasteiger partial charge in [-0.3, -0.25) is 0 Å². The Morgan fingerprint density at radius 1 is 0.750 bits per heavy atom. The van der Waals surface area contributed by atoms with Crippen molar-refractivity contribution in [3.05, 3.63) is 68.7 Å². The van der Waals surface area contributed by atoms with Crippen LogP contribution in [0.2, 0.25) is 15.1 Å². The van der Waals surface area contributed by atoms with Gasteiger partial charge in [0.15, 0.2) is 0 Å². The minimum absolute atomic E-state index is 0.469. The fraction of sp³-hybridized carbons (Fsp3) is 0.200. The first-order chi connectivity index (χ1) is 9.62. The van der Waals surface area contributed by atoms with Crippen LogP contribution in [0.5, 0.6) is 0 Å². The van der Waals surface area contributed by atoms with Crippen molar-refractivity contribution >= 4 is 34.8 Å². The van der Waals surface area contributed by atoms with Gasteiger partial charge < -0.3 is 9.47 Å². The molecule has 2 aromatic carbocycles. The van der Waals surface area contributed by atoms with Crippen molar-refractivity contribution in [2.75, 3.05) is 13.2 Å². The van der Waals surface area contributed by atoms with Crippen molar-refractivity contribution in [2.24, 2.45) is 0 Å². The fourth-order valence-electron chi connectivity index (χ4n) is 2.28. The highest BCUT2D eigenvalue weighted by atomic mass is 35.5. The number of hydrogen-bond acceptors (Lipinski definition) is 2. The fourth-order valence-corrected chi connectivity index (χ4v) is 2.71.